The van der Waals surface area contributed by atoms with Gasteiger partial charge in [0.25, 0.3) is 0 Å². The van der Waals surface area contributed by atoms with Crippen LogP contribution in [0.15, 0.2) is 30.5 Å². The molecular weight excluding hydrogens is 214 g/mol. The smallest absolute Gasteiger partial charge is 0.303 e. The van der Waals surface area contributed by atoms with E-state index in [9.17, 15) is 4.79 Å². The number of fused-ring (bicyclic) bond motifs is 1. The highest BCUT2D eigenvalue weighted by Crippen LogP contribution is 2.22. The minimum Gasteiger partial charge on any atom is -0.481 e. The number of carboxylic acids is 1. The predicted molar refractivity (Wildman–Crippen MR) is 66.7 cm³/mol. The minimum absolute atomic E-state index is 0.143. The number of para-hydroxylation sites is 1. The zero-order valence-electron chi connectivity index (χ0n) is 9.39. The van der Waals surface area contributed by atoms with E-state index in [-0.39, 0.29) is 6.42 Å². The average Bonchev–Trinajstić information content (AvgIpc) is 2.66. The van der Waals surface area contributed by atoms with Crippen molar-refractivity contribution in [2.45, 2.75) is 19.4 Å². The highest BCUT2D eigenvalue weighted by molar-refractivity contribution is 5.84. The molecule has 0 saturated carbocycles. The summed E-state index contributed by atoms with van der Waals surface area (Å²) in [5.41, 5.74) is 2.10. The molecule has 0 aliphatic heterocycles. The molecule has 3 nitrogen and oxygen atoms in total. The zero-order valence-corrected chi connectivity index (χ0v) is 9.39. The number of nitrogens with zero attached hydrogens (tertiary/aromatic N) is 1. The molecule has 2 aromatic rings. The first-order valence-electron chi connectivity index (χ1n) is 5.44. The summed E-state index contributed by atoms with van der Waals surface area (Å²) >= 11 is 0. The molecule has 1 N–H and O–H groups in total. The van der Waals surface area contributed by atoms with Gasteiger partial charge in [-0.25, -0.2) is 0 Å². The van der Waals surface area contributed by atoms with Crippen LogP contribution in [0.3, 0.4) is 0 Å². The Hall–Kier alpha value is -2.21. The average molecular weight is 227 g/mol. The third-order valence-corrected chi connectivity index (χ3v) is 2.74. The van der Waals surface area contributed by atoms with Crippen molar-refractivity contribution in [2.24, 2.45) is 0 Å². The summed E-state index contributed by atoms with van der Waals surface area (Å²) in [6, 6.07) is 7.90. The molecule has 3 heteroatoms. The maximum atomic E-state index is 10.6. The van der Waals surface area contributed by atoms with Crippen LogP contribution >= 0.6 is 0 Å². The third kappa shape index (κ3) is 2.31. The molecule has 1 heterocycles. The van der Waals surface area contributed by atoms with Crippen molar-refractivity contribution >= 4 is 16.9 Å². The number of aromatic nitrogens is 1. The number of hydrogen-bond acceptors (Lipinski definition) is 1. The van der Waals surface area contributed by atoms with Gasteiger partial charge in [-0.3, -0.25) is 4.79 Å². The van der Waals surface area contributed by atoms with E-state index >= 15 is 0 Å². The van der Waals surface area contributed by atoms with E-state index in [0.717, 1.165) is 16.5 Å². The monoisotopic (exact) mass is 227 g/mol. The summed E-state index contributed by atoms with van der Waals surface area (Å²) in [6.45, 7) is 0.508. The van der Waals surface area contributed by atoms with Gasteiger partial charge in [-0.2, -0.15) is 0 Å². The van der Waals surface area contributed by atoms with Crippen LogP contribution in [-0.2, 0) is 17.8 Å². The summed E-state index contributed by atoms with van der Waals surface area (Å²) in [7, 11) is 0. The zero-order chi connectivity index (χ0) is 12.3. The van der Waals surface area contributed by atoms with E-state index in [4.69, 9.17) is 11.5 Å². The van der Waals surface area contributed by atoms with Crippen molar-refractivity contribution in [1.82, 2.24) is 4.57 Å². The number of aryl methyl sites for hydroxylation is 1. The first-order valence-corrected chi connectivity index (χ1v) is 5.44. The molecule has 0 unspecified atom stereocenters. The first-order chi connectivity index (χ1) is 8.22. The number of carboxylic acid groups (broad SMARTS) is 1. The van der Waals surface area contributed by atoms with Crippen LogP contribution in [0.5, 0.6) is 0 Å². The van der Waals surface area contributed by atoms with Gasteiger partial charge >= 0.3 is 5.97 Å². The molecule has 1 aromatic carbocycles. The Balaban J connectivity index is 2.42. The van der Waals surface area contributed by atoms with Gasteiger partial charge in [0.2, 0.25) is 0 Å². The van der Waals surface area contributed by atoms with Crippen molar-refractivity contribution in [3.63, 3.8) is 0 Å². The summed E-state index contributed by atoms with van der Waals surface area (Å²) in [6.07, 6.45) is 7.95. The van der Waals surface area contributed by atoms with Crippen LogP contribution in [0, 0.1) is 12.3 Å². The van der Waals surface area contributed by atoms with E-state index in [0.29, 0.717) is 13.0 Å². The minimum atomic E-state index is -0.779. The van der Waals surface area contributed by atoms with Gasteiger partial charge in [0.1, 0.15) is 0 Å². The van der Waals surface area contributed by atoms with Gasteiger partial charge in [-0.05, 0) is 18.1 Å². The third-order valence-electron chi connectivity index (χ3n) is 2.74. The molecule has 0 amide bonds. The fraction of sp³-hybridized carbons (Fsp3) is 0.214. The molecular formula is C14H13NO2. The number of rotatable bonds is 4. The number of hydrogen-bond donors (Lipinski definition) is 1. The molecule has 0 bridgehead atoms. The van der Waals surface area contributed by atoms with Crippen molar-refractivity contribution in [1.29, 1.82) is 0 Å². The van der Waals surface area contributed by atoms with Gasteiger partial charge < -0.3 is 9.67 Å². The van der Waals surface area contributed by atoms with E-state index in [1.165, 1.54) is 0 Å². The second-order valence-electron chi connectivity index (χ2n) is 3.90. The lowest BCUT2D eigenvalue weighted by atomic mass is 10.1. The lowest BCUT2D eigenvalue weighted by Gasteiger charge is -1.97. The molecule has 0 spiro atoms. The molecule has 1 aromatic heterocycles. The molecule has 0 aliphatic carbocycles. The van der Waals surface area contributed by atoms with Gasteiger partial charge in [0.05, 0.1) is 6.54 Å². The van der Waals surface area contributed by atoms with Crippen LogP contribution in [0.4, 0.5) is 0 Å². The summed E-state index contributed by atoms with van der Waals surface area (Å²) in [5, 5.41) is 9.80. The van der Waals surface area contributed by atoms with Gasteiger partial charge in [0, 0.05) is 23.5 Å². The maximum absolute atomic E-state index is 10.6. The Morgan fingerprint density at radius 1 is 1.41 bits per heavy atom. The quantitative estimate of drug-likeness (QED) is 0.814. The fourth-order valence-corrected chi connectivity index (χ4v) is 1.99. The highest BCUT2D eigenvalue weighted by atomic mass is 16.4. The Morgan fingerprint density at radius 2 is 2.18 bits per heavy atom. The number of benzene rings is 1. The van der Waals surface area contributed by atoms with Crippen LogP contribution in [-0.4, -0.2) is 15.6 Å². The van der Waals surface area contributed by atoms with Crippen molar-refractivity contribution in [3.05, 3.63) is 36.0 Å². The number of aliphatic carboxylic acids is 1. The topological polar surface area (TPSA) is 42.2 Å². The van der Waals surface area contributed by atoms with E-state index in [1.807, 2.05) is 35.0 Å². The maximum Gasteiger partial charge on any atom is 0.303 e. The van der Waals surface area contributed by atoms with Crippen molar-refractivity contribution in [3.8, 4) is 12.3 Å². The summed E-state index contributed by atoms with van der Waals surface area (Å²) in [4.78, 5) is 10.6. The first kappa shape index (κ1) is 11.3. The van der Waals surface area contributed by atoms with Crippen molar-refractivity contribution in [2.75, 3.05) is 0 Å². The SMILES string of the molecule is C#CCn1cc(CCC(=O)O)c2ccccc21. The molecule has 0 aliphatic rings. The second-order valence-corrected chi connectivity index (χ2v) is 3.90. The Morgan fingerprint density at radius 3 is 2.88 bits per heavy atom. The molecule has 2 rings (SSSR count). The van der Waals surface area contributed by atoms with Crippen molar-refractivity contribution < 1.29 is 9.90 Å². The fourth-order valence-electron chi connectivity index (χ4n) is 1.99. The van der Waals surface area contributed by atoms with E-state index < -0.39 is 5.97 Å². The Kier molecular flexibility index (Phi) is 3.15. The molecule has 0 radical (unpaired) electrons. The van der Waals surface area contributed by atoms with Crippen LogP contribution in [0.25, 0.3) is 10.9 Å². The molecule has 0 saturated heterocycles. The van der Waals surface area contributed by atoms with Crippen LogP contribution < -0.4 is 0 Å². The normalized spacial score (nSPS) is 10.3. The standard InChI is InChI=1S/C14H13NO2/c1-2-9-15-10-11(7-8-14(16)17)12-5-3-4-6-13(12)15/h1,3-6,10H,7-9H2,(H,16,17). The van der Waals surface area contributed by atoms with Gasteiger partial charge in [-0.1, -0.05) is 24.1 Å². The molecule has 0 fully saturated rings. The van der Waals surface area contributed by atoms with E-state index in [2.05, 4.69) is 5.92 Å². The van der Waals surface area contributed by atoms with Gasteiger partial charge in [0.15, 0.2) is 0 Å². The predicted octanol–water partition coefficient (Wildman–Crippen LogP) is 2.29. The summed E-state index contributed by atoms with van der Waals surface area (Å²) < 4.78 is 1.98. The lowest BCUT2D eigenvalue weighted by molar-refractivity contribution is -0.136. The lowest BCUT2D eigenvalue weighted by Crippen LogP contribution is -1.97. The molecule has 86 valence electrons. The number of terminal acetylenes is 1. The molecule has 17 heavy (non-hydrogen) atoms. The van der Waals surface area contributed by atoms with Crippen LogP contribution in [0.2, 0.25) is 0 Å². The van der Waals surface area contributed by atoms with Crippen LogP contribution in [0.1, 0.15) is 12.0 Å². The van der Waals surface area contributed by atoms with Gasteiger partial charge in [-0.15, -0.1) is 6.42 Å². The summed E-state index contributed by atoms with van der Waals surface area (Å²) in [5.74, 6) is 1.82. The second kappa shape index (κ2) is 4.75. The Bertz CT molecular complexity index is 590. The largest absolute Gasteiger partial charge is 0.481 e. The number of carbonyl (C=O) groups is 1. The van der Waals surface area contributed by atoms with E-state index in [1.54, 1.807) is 0 Å². The Labute approximate surface area is 99.7 Å². The highest BCUT2D eigenvalue weighted by Gasteiger charge is 2.08. The molecule has 0 atom stereocenters.